The smallest absolute Gasteiger partial charge is 0.390 e. The monoisotopic (exact) mass is 287 g/mol. The molecule has 9 nitrogen and oxygen atoms in total. The van der Waals surface area contributed by atoms with Crippen LogP contribution in [0.15, 0.2) is 30.6 Å². The fraction of sp³-hybridized carbons (Fsp3) is 0.167. The Morgan fingerprint density at radius 3 is 2.24 bits per heavy atom. The second-order valence-electron chi connectivity index (χ2n) is 4.37. The summed E-state index contributed by atoms with van der Waals surface area (Å²) in [5, 5.41) is 14.1. The quantitative estimate of drug-likeness (QED) is 0.459. The van der Waals surface area contributed by atoms with Crippen LogP contribution in [0.25, 0.3) is 0 Å². The van der Waals surface area contributed by atoms with Crippen LogP contribution in [0.4, 0.5) is 5.95 Å². The van der Waals surface area contributed by atoms with Gasteiger partial charge < -0.3 is 10.1 Å². The molecule has 1 aromatic carbocycles. The van der Waals surface area contributed by atoms with E-state index >= 15 is 0 Å². The molecule has 9 heteroatoms. The zero-order chi connectivity index (χ0) is 15.0. The zero-order valence-electron chi connectivity index (χ0n) is 10.7. The first kappa shape index (κ1) is 12.9. The van der Waals surface area contributed by atoms with E-state index in [1.165, 1.54) is 11.0 Å². The summed E-state index contributed by atoms with van der Waals surface area (Å²) in [5.74, 6) is -1.26. The highest BCUT2D eigenvalue weighted by Gasteiger charge is 2.34. The number of amides is 2. The van der Waals surface area contributed by atoms with Crippen molar-refractivity contribution in [3.05, 3.63) is 51.8 Å². The Balaban J connectivity index is 1.73. The maximum atomic E-state index is 12.1. The van der Waals surface area contributed by atoms with E-state index in [2.05, 4.69) is 10.1 Å². The summed E-state index contributed by atoms with van der Waals surface area (Å²) in [7, 11) is 0. The van der Waals surface area contributed by atoms with Gasteiger partial charge in [0, 0.05) is 5.10 Å². The van der Waals surface area contributed by atoms with Crippen molar-refractivity contribution in [3.63, 3.8) is 0 Å². The van der Waals surface area contributed by atoms with Crippen molar-refractivity contribution in [2.75, 3.05) is 6.54 Å². The minimum absolute atomic E-state index is 0.0763. The molecule has 0 saturated carbocycles. The Morgan fingerprint density at radius 2 is 1.71 bits per heavy atom. The number of carbonyl (C=O) groups excluding carboxylic acids is 2. The molecule has 0 unspecified atom stereocenters. The lowest BCUT2D eigenvalue weighted by atomic mass is 10.1. The minimum atomic E-state index is -0.710. The highest BCUT2D eigenvalue weighted by atomic mass is 16.6. The SMILES string of the molecule is O=C1c2ccccc2C(=O)N1CCn1cnc([N+](=O)[O-])n1. The molecule has 21 heavy (non-hydrogen) atoms. The first-order valence-electron chi connectivity index (χ1n) is 6.07. The number of hydrogen-bond acceptors (Lipinski definition) is 6. The molecule has 0 saturated heterocycles. The Bertz CT molecular complexity index is 719. The number of fused-ring (bicyclic) bond motifs is 1. The van der Waals surface area contributed by atoms with Gasteiger partial charge in [-0.1, -0.05) is 17.1 Å². The van der Waals surface area contributed by atoms with Gasteiger partial charge in [-0.25, -0.2) is 0 Å². The second kappa shape index (κ2) is 4.78. The number of hydrogen-bond donors (Lipinski definition) is 0. The third-order valence-electron chi connectivity index (χ3n) is 3.12. The topological polar surface area (TPSA) is 111 Å². The summed E-state index contributed by atoms with van der Waals surface area (Å²) in [6.45, 7) is 0.221. The van der Waals surface area contributed by atoms with Crippen LogP contribution in [0.1, 0.15) is 20.7 Å². The standard InChI is InChI=1S/C12H9N5O4/c18-10-8-3-1-2-4-9(8)11(19)16(10)6-5-15-7-13-12(14-15)17(20)21/h1-4,7H,5-6H2. The van der Waals surface area contributed by atoms with Crippen LogP contribution in [0, 0.1) is 10.1 Å². The normalized spacial score (nSPS) is 13.6. The summed E-state index contributed by atoms with van der Waals surface area (Å²) >= 11 is 0. The lowest BCUT2D eigenvalue weighted by Crippen LogP contribution is -2.33. The third-order valence-corrected chi connectivity index (χ3v) is 3.12. The number of nitro groups is 1. The van der Waals surface area contributed by atoms with Crippen molar-refractivity contribution in [2.45, 2.75) is 6.54 Å². The highest BCUT2D eigenvalue weighted by molar-refractivity contribution is 6.21. The van der Waals surface area contributed by atoms with Gasteiger partial charge in [-0.15, -0.1) is 0 Å². The van der Waals surface area contributed by atoms with Crippen LogP contribution in [0.5, 0.6) is 0 Å². The molecule has 1 aliphatic heterocycles. The van der Waals surface area contributed by atoms with E-state index < -0.39 is 10.9 Å². The average Bonchev–Trinajstić information content (AvgIpc) is 3.03. The number of aromatic nitrogens is 3. The molecule has 0 bridgehead atoms. The summed E-state index contributed by atoms with van der Waals surface area (Å²) < 4.78 is 1.22. The van der Waals surface area contributed by atoms with Gasteiger partial charge >= 0.3 is 5.95 Å². The van der Waals surface area contributed by atoms with Crippen molar-refractivity contribution in [2.24, 2.45) is 0 Å². The van der Waals surface area contributed by atoms with Gasteiger partial charge in [0.1, 0.15) is 0 Å². The molecule has 0 atom stereocenters. The van der Waals surface area contributed by atoms with Crippen LogP contribution in [0.2, 0.25) is 0 Å². The Hall–Kier alpha value is -3.10. The van der Waals surface area contributed by atoms with E-state index in [0.717, 1.165) is 4.90 Å². The minimum Gasteiger partial charge on any atom is -0.390 e. The molecule has 2 aromatic rings. The molecular weight excluding hydrogens is 278 g/mol. The number of carbonyl (C=O) groups is 2. The van der Waals surface area contributed by atoms with Crippen molar-refractivity contribution < 1.29 is 14.5 Å². The fourth-order valence-electron chi connectivity index (χ4n) is 2.12. The van der Waals surface area contributed by atoms with E-state index in [4.69, 9.17) is 0 Å². The second-order valence-corrected chi connectivity index (χ2v) is 4.37. The van der Waals surface area contributed by atoms with Gasteiger partial charge in [-0.05, 0) is 17.1 Å². The highest BCUT2D eigenvalue weighted by Crippen LogP contribution is 2.22. The van der Waals surface area contributed by atoms with Crippen molar-refractivity contribution >= 4 is 17.8 Å². The molecule has 3 rings (SSSR count). The van der Waals surface area contributed by atoms with E-state index in [-0.39, 0.29) is 24.9 Å². The number of benzene rings is 1. The van der Waals surface area contributed by atoms with Crippen LogP contribution in [-0.2, 0) is 6.54 Å². The summed E-state index contributed by atoms with van der Waals surface area (Å²) in [5.41, 5.74) is 0.735. The number of rotatable bonds is 4. The number of nitrogens with zero attached hydrogens (tertiary/aromatic N) is 5. The van der Waals surface area contributed by atoms with Crippen molar-refractivity contribution in [1.82, 2.24) is 19.7 Å². The lowest BCUT2D eigenvalue weighted by molar-refractivity contribution is -0.394. The first-order valence-corrected chi connectivity index (χ1v) is 6.07. The first-order chi connectivity index (χ1) is 10.1. The van der Waals surface area contributed by atoms with Crippen LogP contribution in [0.3, 0.4) is 0 Å². The maximum Gasteiger partial charge on any atom is 0.490 e. The third kappa shape index (κ3) is 2.14. The molecule has 2 heterocycles. The van der Waals surface area contributed by atoms with Crippen molar-refractivity contribution in [1.29, 1.82) is 0 Å². The molecule has 1 aliphatic rings. The average molecular weight is 287 g/mol. The van der Waals surface area contributed by atoms with E-state index in [9.17, 15) is 19.7 Å². The predicted octanol–water partition coefficient (Wildman–Crippen LogP) is 0.482. The Kier molecular flexibility index (Phi) is 2.94. The van der Waals surface area contributed by atoms with E-state index in [0.29, 0.717) is 11.1 Å². The Morgan fingerprint density at radius 1 is 1.10 bits per heavy atom. The van der Waals surface area contributed by atoms with Crippen molar-refractivity contribution in [3.8, 4) is 0 Å². The Labute approximate surface area is 118 Å². The summed E-state index contributed by atoms with van der Waals surface area (Å²) in [4.78, 5) is 38.6. The molecule has 0 radical (unpaired) electrons. The molecule has 2 amide bonds. The van der Waals surface area contributed by atoms with E-state index in [1.807, 2.05) is 0 Å². The predicted molar refractivity (Wildman–Crippen MR) is 68.5 cm³/mol. The largest absolute Gasteiger partial charge is 0.490 e. The van der Waals surface area contributed by atoms with Gasteiger partial charge in [-0.2, -0.15) is 4.68 Å². The lowest BCUT2D eigenvalue weighted by Gasteiger charge is -2.12. The maximum absolute atomic E-state index is 12.1. The zero-order valence-corrected chi connectivity index (χ0v) is 10.7. The van der Waals surface area contributed by atoms with Crippen LogP contribution < -0.4 is 0 Å². The molecule has 0 N–H and O–H groups in total. The molecular formula is C12H9N5O4. The van der Waals surface area contributed by atoms with Gasteiger partial charge in [-0.3, -0.25) is 14.5 Å². The molecule has 1 aromatic heterocycles. The molecule has 0 fully saturated rings. The summed E-state index contributed by atoms with van der Waals surface area (Å²) in [6, 6.07) is 6.56. The fourth-order valence-corrected chi connectivity index (χ4v) is 2.12. The molecule has 0 spiro atoms. The van der Waals surface area contributed by atoms with Gasteiger partial charge in [0.05, 0.1) is 24.2 Å². The number of imide groups is 1. The summed E-state index contributed by atoms with van der Waals surface area (Å²) in [6.07, 6.45) is 1.19. The van der Waals surface area contributed by atoms with Crippen LogP contribution in [-0.4, -0.2) is 42.9 Å². The molecule has 106 valence electrons. The molecule has 0 aliphatic carbocycles. The van der Waals surface area contributed by atoms with Gasteiger partial charge in [0.25, 0.3) is 11.8 Å². The van der Waals surface area contributed by atoms with Gasteiger partial charge in [0.2, 0.25) is 6.33 Å². The van der Waals surface area contributed by atoms with Crippen LogP contribution >= 0.6 is 0 Å². The van der Waals surface area contributed by atoms with Gasteiger partial charge in [0.15, 0.2) is 0 Å². The van der Waals surface area contributed by atoms with E-state index in [1.54, 1.807) is 24.3 Å².